The maximum Gasteiger partial charge on any atom is 0.131 e. The van der Waals surface area contributed by atoms with Crippen LogP contribution in [-0.4, -0.2) is 6.54 Å². The lowest BCUT2D eigenvalue weighted by Crippen LogP contribution is -2.22. The quantitative estimate of drug-likeness (QED) is 0.745. The van der Waals surface area contributed by atoms with Gasteiger partial charge < -0.3 is 11.5 Å². The molecule has 1 aliphatic carbocycles. The smallest absolute Gasteiger partial charge is 0.131 e. The molecule has 1 unspecified atom stereocenters. The van der Waals surface area contributed by atoms with E-state index in [1.807, 2.05) is 6.07 Å². The van der Waals surface area contributed by atoms with Crippen LogP contribution in [0.1, 0.15) is 29.2 Å². The summed E-state index contributed by atoms with van der Waals surface area (Å²) < 4.78 is 13.9. The van der Waals surface area contributed by atoms with Gasteiger partial charge in [0.1, 0.15) is 5.82 Å². The minimum atomic E-state index is -0.374. The Kier molecular flexibility index (Phi) is 2.52. The van der Waals surface area contributed by atoms with Crippen molar-refractivity contribution in [3.05, 3.63) is 34.6 Å². The van der Waals surface area contributed by atoms with Crippen molar-refractivity contribution in [1.82, 2.24) is 0 Å². The van der Waals surface area contributed by atoms with E-state index in [-0.39, 0.29) is 18.4 Å². The first-order valence-electron chi connectivity index (χ1n) is 5.00. The summed E-state index contributed by atoms with van der Waals surface area (Å²) in [5.41, 5.74) is 13.7. The highest BCUT2D eigenvalue weighted by atomic mass is 19.1. The fraction of sp³-hybridized carbons (Fsp3) is 0.455. The maximum atomic E-state index is 13.9. The molecule has 0 radical (unpaired) electrons. The Hall–Kier alpha value is -0.930. The van der Waals surface area contributed by atoms with E-state index in [2.05, 4.69) is 0 Å². The molecule has 4 N–H and O–H groups in total. The molecule has 0 saturated heterocycles. The van der Waals surface area contributed by atoms with E-state index in [1.165, 1.54) is 0 Å². The van der Waals surface area contributed by atoms with Gasteiger partial charge in [-0.2, -0.15) is 0 Å². The minimum Gasteiger partial charge on any atom is -0.329 e. The Morgan fingerprint density at radius 3 is 2.86 bits per heavy atom. The SMILES string of the molecule is NCC(N)c1ccc2c(c1F)CCC2. The number of fused-ring (bicyclic) bond motifs is 1. The summed E-state index contributed by atoms with van der Waals surface area (Å²) in [5, 5.41) is 0. The normalized spacial score (nSPS) is 16.8. The number of rotatable bonds is 2. The van der Waals surface area contributed by atoms with Crippen LogP contribution in [0.3, 0.4) is 0 Å². The van der Waals surface area contributed by atoms with Crippen LogP contribution >= 0.6 is 0 Å². The van der Waals surface area contributed by atoms with Crippen molar-refractivity contribution in [1.29, 1.82) is 0 Å². The standard InChI is InChI=1S/C11H15FN2/c12-11-8-3-1-2-7(8)4-5-9(11)10(14)6-13/h4-5,10H,1-3,6,13-14H2. The zero-order valence-electron chi connectivity index (χ0n) is 8.09. The second-order valence-corrected chi connectivity index (χ2v) is 3.80. The topological polar surface area (TPSA) is 52.0 Å². The Bertz CT molecular complexity index is 349. The molecule has 1 atom stereocenters. The highest BCUT2D eigenvalue weighted by Crippen LogP contribution is 2.28. The van der Waals surface area contributed by atoms with Gasteiger partial charge in [-0.3, -0.25) is 0 Å². The second-order valence-electron chi connectivity index (χ2n) is 3.80. The molecule has 0 heterocycles. The molecule has 1 aromatic rings. The minimum absolute atomic E-state index is 0.127. The van der Waals surface area contributed by atoms with Gasteiger partial charge in [0.2, 0.25) is 0 Å². The van der Waals surface area contributed by atoms with Crippen molar-refractivity contribution in [3.8, 4) is 0 Å². The summed E-state index contributed by atoms with van der Waals surface area (Å²) in [5.74, 6) is -0.127. The fourth-order valence-corrected chi connectivity index (χ4v) is 2.05. The van der Waals surface area contributed by atoms with E-state index in [9.17, 15) is 4.39 Å². The van der Waals surface area contributed by atoms with E-state index in [4.69, 9.17) is 11.5 Å². The zero-order chi connectivity index (χ0) is 10.1. The summed E-state index contributed by atoms with van der Waals surface area (Å²) in [4.78, 5) is 0. The zero-order valence-corrected chi connectivity index (χ0v) is 8.09. The van der Waals surface area contributed by atoms with Crippen molar-refractivity contribution in [2.45, 2.75) is 25.3 Å². The molecular weight excluding hydrogens is 179 g/mol. The van der Waals surface area contributed by atoms with Crippen LogP contribution in [0.4, 0.5) is 4.39 Å². The molecule has 0 spiro atoms. The summed E-state index contributed by atoms with van der Waals surface area (Å²) in [6, 6.07) is 3.38. The molecule has 0 fully saturated rings. The van der Waals surface area contributed by atoms with E-state index < -0.39 is 0 Å². The van der Waals surface area contributed by atoms with Crippen LogP contribution < -0.4 is 11.5 Å². The Morgan fingerprint density at radius 1 is 1.36 bits per heavy atom. The molecule has 2 rings (SSSR count). The average Bonchev–Trinajstić information content (AvgIpc) is 2.66. The van der Waals surface area contributed by atoms with Gasteiger partial charge in [0.05, 0.1) is 0 Å². The molecule has 76 valence electrons. The van der Waals surface area contributed by atoms with Gasteiger partial charge >= 0.3 is 0 Å². The van der Waals surface area contributed by atoms with Gasteiger partial charge in [0, 0.05) is 18.2 Å². The second kappa shape index (κ2) is 3.67. The lowest BCUT2D eigenvalue weighted by Gasteiger charge is -2.12. The number of hydrogen-bond donors (Lipinski definition) is 2. The highest BCUT2D eigenvalue weighted by Gasteiger charge is 2.19. The van der Waals surface area contributed by atoms with Crippen molar-refractivity contribution in [2.75, 3.05) is 6.54 Å². The molecule has 0 amide bonds. The first-order valence-corrected chi connectivity index (χ1v) is 5.00. The summed E-state index contributed by atoms with van der Waals surface area (Å²) >= 11 is 0. The fourth-order valence-electron chi connectivity index (χ4n) is 2.05. The van der Waals surface area contributed by atoms with E-state index >= 15 is 0 Å². The number of nitrogens with two attached hydrogens (primary N) is 2. The van der Waals surface area contributed by atoms with E-state index in [1.54, 1.807) is 6.07 Å². The van der Waals surface area contributed by atoms with Gasteiger partial charge in [-0.25, -0.2) is 4.39 Å². The van der Waals surface area contributed by atoms with Crippen LogP contribution in [0, 0.1) is 5.82 Å². The average molecular weight is 194 g/mol. The van der Waals surface area contributed by atoms with Crippen molar-refractivity contribution >= 4 is 0 Å². The predicted molar refractivity (Wildman–Crippen MR) is 54.4 cm³/mol. The van der Waals surface area contributed by atoms with Crippen LogP contribution in [0.25, 0.3) is 0 Å². The molecular formula is C11H15FN2. The first kappa shape index (κ1) is 9.62. The van der Waals surface area contributed by atoms with Crippen molar-refractivity contribution in [2.24, 2.45) is 11.5 Å². The molecule has 0 saturated carbocycles. The summed E-state index contributed by atoms with van der Waals surface area (Å²) in [6.07, 6.45) is 2.88. The van der Waals surface area contributed by atoms with Gasteiger partial charge in [0.15, 0.2) is 0 Å². The Morgan fingerprint density at radius 2 is 2.14 bits per heavy atom. The molecule has 14 heavy (non-hydrogen) atoms. The van der Waals surface area contributed by atoms with Crippen LogP contribution in [0.2, 0.25) is 0 Å². The molecule has 2 nitrogen and oxygen atoms in total. The third-order valence-corrected chi connectivity index (χ3v) is 2.90. The lowest BCUT2D eigenvalue weighted by atomic mass is 10.0. The van der Waals surface area contributed by atoms with Crippen molar-refractivity contribution < 1.29 is 4.39 Å². The molecule has 1 aromatic carbocycles. The highest BCUT2D eigenvalue weighted by molar-refractivity contribution is 5.38. The van der Waals surface area contributed by atoms with Gasteiger partial charge in [-0.15, -0.1) is 0 Å². The number of benzene rings is 1. The summed E-state index contributed by atoms with van der Waals surface area (Å²) in [7, 11) is 0. The third-order valence-electron chi connectivity index (χ3n) is 2.90. The van der Waals surface area contributed by atoms with Gasteiger partial charge in [-0.05, 0) is 30.4 Å². The largest absolute Gasteiger partial charge is 0.329 e. The van der Waals surface area contributed by atoms with Crippen LogP contribution in [0.15, 0.2) is 12.1 Å². The monoisotopic (exact) mass is 194 g/mol. The Balaban J connectivity index is 2.44. The predicted octanol–water partition coefficient (Wildman–Crippen LogP) is 1.27. The number of hydrogen-bond acceptors (Lipinski definition) is 2. The Labute approximate surface area is 83.1 Å². The summed E-state index contributed by atoms with van der Waals surface area (Å²) in [6.45, 7) is 0.287. The van der Waals surface area contributed by atoms with E-state index in [0.717, 1.165) is 30.4 Å². The van der Waals surface area contributed by atoms with E-state index in [0.29, 0.717) is 5.56 Å². The molecule has 3 heteroatoms. The molecule has 1 aliphatic rings. The molecule has 0 aliphatic heterocycles. The first-order chi connectivity index (χ1) is 6.74. The van der Waals surface area contributed by atoms with Gasteiger partial charge in [-0.1, -0.05) is 12.1 Å². The lowest BCUT2D eigenvalue weighted by molar-refractivity contribution is 0.572. The number of aryl methyl sites for hydroxylation is 1. The number of halogens is 1. The third kappa shape index (κ3) is 1.42. The van der Waals surface area contributed by atoms with Gasteiger partial charge in [0.25, 0.3) is 0 Å². The van der Waals surface area contributed by atoms with Crippen LogP contribution in [-0.2, 0) is 12.8 Å². The van der Waals surface area contributed by atoms with Crippen molar-refractivity contribution in [3.63, 3.8) is 0 Å². The molecule has 0 aromatic heterocycles. The van der Waals surface area contributed by atoms with Crippen LogP contribution in [0.5, 0.6) is 0 Å². The maximum absolute atomic E-state index is 13.9. The molecule has 0 bridgehead atoms.